The zero-order valence-electron chi connectivity index (χ0n) is 6.50. The van der Waals surface area contributed by atoms with Crippen LogP contribution in [0.15, 0.2) is 18.2 Å². The first kappa shape index (κ1) is 10.9. The van der Waals surface area contributed by atoms with Crippen LogP contribution in [0.1, 0.15) is 11.1 Å². The molecule has 1 rings (SSSR count). The molecule has 0 bridgehead atoms. The van der Waals surface area contributed by atoms with E-state index in [1.54, 1.807) is 0 Å². The molecule has 77 valence electrons. The lowest BCUT2D eigenvalue weighted by Crippen LogP contribution is -2.16. The molecule has 0 nitrogen and oxygen atoms in total. The molecule has 1 aromatic carbocycles. The zero-order chi connectivity index (χ0) is 11.0. The van der Waals surface area contributed by atoms with Crippen molar-refractivity contribution in [3.8, 4) is 0 Å². The third-order valence-electron chi connectivity index (χ3n) is 1.44. The van der Waals surface area contributed by atoms with Gasteiger partial charge in [-0.05, 0) is 12.1 Å². The van der Waals surface area contributed by atoms with Crippen molar-refractivity contribution in [2.24, 2.45) is 0 Å². The van der Waals surface area contributed by atoms with Gasteiger partial charge < -0.3 is 0 Å². The number of alkyl halides is 6. The van der Waals surface area contributed by atoms with Gasteiger partial charge in [0, 0.05) is 0 Å². The summed E-state index contributed by atoms with van der Waals surface area (Å²) in [6.07, 6.45) is -10.0. The molecule has 0 N–H and O–H groups in total. The molecular formula is C8H3F6. The lowest BCUT2D eigenvalue weighted by Gasteiger charge is -2.14. The minimum Gasteiger partial charge on any atom is -0.166 e. The van der Waals surface area contributed by atoms with Gasteiger partial charge in [0.25, 0.3) is 0 Å². The van der Waals surface area contributed by atoms with Gasteiger partial charge in [-0.15, -0.1) is 0 Å². The van der Waals surface area contributed by atoms with E-state index in [9.17, 15) is 26.3 Å². The first-order chi connectivity index (χ1) is 6.23. The van der Waals surface area contributed by atoms with Crippen LogP contribution in [-0.4, -0.2) is 0 Å². The quantitative estimate of drug-likeness (QED) is 0.578. The second kappa shape index (κ2) is 3.18. The van der Waals surface area contributed by atoms with Crippen molar-refractivity contribution in [2.45, 2.75) is 12.4 Å². The molecule has 0 aliphatic heterocycles. The second-order valence-electron chi connectivity index (χ2n) is 2.45. The molecule has 14 heavy (non-hydrogen) atoms. The van der Waals surface area contributed by atoms with Crippen LogP contribution < -0.4 is 0 Å². The van der Waals surface area contributed by atoms with Gasteiger partial charge in [-0.25, -0.2) is 0 Å². The fourth-order valence-electron chi connectivity index (χ4n) is 0.908. The summed E-state index contributed by atoms with van der Waals surface area (Å²) in [5.74, 6) is 0. The maximum Gasteiger partial charge on any atom is 0.417 e. The highest BCUT2D eigenvalue weighted by molar-refractivity contribution is 5.30. The molecule has 1 aromatic rings. The molecule has 0 amide bonds. The standard InChI is InChI=1S/C8H3F6/c9-7(10,11)5-3-1-2-4-6(5)8(12,13)14/h1-3H. The Bertz CT molecular complexity index is 288. The van der Waals surface area contributed by atoms with Crippen LogP contribution in [0.25, 0.3) is 0 Å². The van der Waals surface area contributed by atoms with E-state index in [0.29, 0.717) is 6.07 Å². The van der Waals surface area contributed by atoms with Gasteiger partial charge in [0.1, 0.15) is 0 Å². The van der Waals surface area contributed by atoms with Crippen molar-refractivity contribution in [2.75, 3.05) is 0 Å². The molecule has 0 spiro atoms. The van der Waals surface area contributed by atoms with E-state index in [0.717, 1.165) is 12.1 Å². The average Bonchev–Trinajstić information content (AvgIpc) is 2.01. The Balaban J connectivity index is 3.31. The summed E-state index contributed by atoms with van der Waals surface area (Å²) in [5.41, 5.74) is -3.50. The van der Waals surface area contributed by atoms with E-state index in [-0.39, 0.29) is 0 Å². The molecule has 0 aliphatic carbocycles. The summed E-state index contributed by atoms with van der Waals surface area (Å²) in [7, 11) is 0. The number of rotatable bonds is 0. The highest BCUT2D eigenvalue weighted by Gasteiger charge is 2.42. The number of halogens is 6. The molecular weight excluding hydrogens is 210 g/mol. The zero-order valence-corrected chi connectivity index (χ0v) is 6.50. The van der Waals surface area contributed by atoms with Crippen LogP contribution >= 0.6 is 0 Å². The first-order valence-corrected chi connectivity index (χ1v) is 3.38. The Morgan fingerprint density at radius 1 is 0.929 bits per heavy atom. The lowest BCUT2D eigenvalue weighted by molar-refractivity contribution is -0.162. The highest BCUT2D eigenvalue weighted by Crippen LogP contribution is 2.39. The first-order valence-electron chi connectivity index (χ1n) is 3.38. The molecule has 0 saturated carbocycles. The topological polar surface area (TPSA) is 0 Å². The van der Waals surface area contributed by atoms with Crippen molar-refractivity contribution in [1.29, 1.82) is 0 Å². The largest absolute Gasteiger partial charge is 0.417 e. The van der Waals surface area contributed by atoms with Gasteiger partial charge in [-0.3, -0.25) is 0 Å². The predicted octanol–water partition coefficient (Wildman–Crippen LogP) is 3.52. The third kappa shape index (κ3) is 2.18. The number of hydrogen-bond donors (Lipinski definition) is 0. The van der Waals surface area contributed by atoms with E-state index in [1.165, 1.54) is 6.07 Å². The van der Waals surface area contributed by atoms with E-state index in [1.807, 2.05) is 0 Å². The summed E-state index contributed by atoms with van der Waals surface area (Å²) in [5, 5.41) is 0. The highest BCUT2D eigenvalue weighted by atomic mass is 19.4. The average molecular weight is 213 g/mol. The van der Waals surface area contributed by atoms with E-state index in [2.05, 4.69) is 0 Å². The van der Waals surface area contributed by atoms with E-state index >= 15 is 0 Å². The molecule has 0 saturated heterocycles. The third-order valence-corrected chi connectivity index (χ3v) is 1.44. The van der Waals surface area contributed by atoms with Crippen LogP contribution in [0.4, 0.5) is 26.3 Å². The fraction of sp³-hybridized carbons (Fsp3) is 0.250. The SMILES string of the molecule is FC(F)(F)c1[c]cccc1C(F)(F)F. The van der Waals surface area contributed by atoms with Crippen molar-refractivity contribution in [3.63, 3.8) is 0 Å². The molecule has 0 atom stereocenters. The summed E-state index contributed by atoms with van der Waals surface area (Å²) in [4.78, 5) is 0. The van der Waals surface area contributed by atoms with Crippen molar-refractivity contribution < 1.29 is 26.3 Å². The predicted molar refractivity (Wildman–Crippen MR) is 35.3 cm³/mol. The molecule has 0 fully saturated rings. The molecule has 0 aliphatic rings. The fourth-order valence-corrected chi connectivity index (χ4v) is 0.908. The Kier molecular flexibility index (Phi) is 2.47. The molecule has 0 unspecified atom stereocenters. The van der Waals surface area contributed by atoms with E-state index in [4.69, 9.17) is 0 Å². The Morgan fingerprint density at radius 3 is 1.86 bits per heavy atom. The minimum atomic E-state index is -5.04. The van der Waals surface area contributed by atoms with Crippen molar-refractivity contribution in [1.82, 2.24) is 0 Å². The monoisotopic (exact) mass is 213 g/mol. The number of benzene rings is 1. The lowest BCUT2D eigenvalue weighted by atomic mass is 10.1. The van der Waals surface area contributed by atoms with Gasteiger partial charge in [-0.2, -0.15) is 26.3 Å². The molecule has 1 radical (unpaired) electrons. The van der Waals surface area contributed by atoms with Crippen molar-refractivity contribution in [3.05, 3.63) is 35.4 Å². The van der Waals surface area contributed by atoms with Crippen molar-refractivity contribution >= 4 is 0 Å². The Labute approximate surface area is 75.2 Å². The van der Waals surface area contributed by atoms with Gasteiger partial charge >= 0.3 is 12.4 Å². The van der Waals surface area contributed by atoms with Gasteiger partial charge in [0.15, 0.2) is 0 Å². The van der Waals surface area contributed by atoms with E-state index < -0.39 is 23.5 Å². The maximum absolute atomic E-state index is 12.1. The Hall–Kier alpha value is -1.20. The smallest absolute Gasteiger partial charge is 0.166 e. The summed E-state index contributed by atoms with van der Waals surface area (Å²) >= 11 is 0. The minimum absolute atomic E-state index is 0.374. The van der Waals surface area contributed by atoms with Crippen LogP contribution in [0.2, 0.25) is 0 Å². The maximum atomic E-state index is 12.1. The molecule has 6 heteroatoms. The van der Waals surface area contributed by atoms with Crippen LogP contribution in [0.3, 0.4) is 0 Å². The summed E-state index contributed by atoms with van der Waals surface area (Å²) < 4.78 is 72.3. The number of hydrogen-bond acceptors (Lipinski definition) is 0. The molecule has 0 aromatic heterocycles. The Morgan fingerprint density at radius 2 is 1.50 bits per heavy atom. The summed E-state index contributed by atoms with van der Waals surface area (Å²) in [6, 6.07) is 3.56. The summed E-state index contributed by atoms with van der Waals surface area (Å²) in [6.45, 7) is 0. The van der Waals surface area contributed by atoms with Crippen LogP contribution in [0, 0.1) is 6.07 Å². The van der Waals surface area contributed by atoms with Gasteiger partial charge in [0.2, 0.25) is 0 Å². The van der Waals surface area contributed by atoms with Crippen LogP contribution in [-0.2, 0) is 12.4 Å². The van der Waals surface area contributed by atoms with Gasteiger partial charge in [0.05, 0.1) is 11.1 Å². The normalized spacial score (nSPS) is 13.0. The van der Waals surface area contributed by atoms with Crippen LogP contribution in [0.5, 0.6) is 0 Å². The molecule has 0 heterocycles. The second-order valence-corrected chi connectivity index (χ2v) is 2.45. The van der Waals surface area contributed by atoms with Gasteiger partial charge in [-0.1, -0.05) is 12.1 Å².